The maximum atomic E-state index is 12.3. The second kappa shape index (κ2) is 8.00. The Morgan fingerprint density at radius 2 is 1.53 bits per heavy atom. The number of imide groups is 1. The van der Waals surface area contributed by atoms with Gasteiger partial charge in [-0.2, -0.15) is 5.10 Å². The number of aromatic amines is 1. The summed E-state index contributed by atoms with van der Waals surface area (Å²) in [6.45, 7) is -0.0870. The second-order valence-electron chi connectivity index (χ2n) is 6.59. The Kier molecular flexibility index (Phi) is 5.08. The molecular formula is C21H17N5O4. The van der Waals surface area contributed by atoms with Crippen molar-refractivity contribution in [3.8, 4) is 11.3 Å². The fourth-order valence-electron chi connectivity index (χ4n) is 3.11. The van der Waals surface area contributed by atoms with Gasteiger partial charge in [0, 0.05) is 18.5 Å². The largest absolute Gasteiger partial charge is 0.287 e. The summed E-state index contributed by atoms with van der Waals surface area (Å²) in [5, 5.41) is 6.69. The Labute approximate surface area is 171 Å². The van der Waals surface area contributed by atoms with Crippen molar-refractivity contribution in [2.75, 3.05) is 6.54 Å². The first-order chi connectivity index (χ1) is 14.5. The molecule has 1 aliphatic rings. The fraction of sp³-hybridized carbons (Fsp3) is 0.0952. The van der Waals surface area contributed by atoms with E-state index in [2.05, 4.69) is 21.0 Å². The molecule has 30 heavy (non-hydrogen) atoms. The Bertz CT molecular complexity index is 1100. The summed E-state index contributed by atoms with van der Waals surface area (Å²) in [6, 6.07) is 17.4. The minimum atomic E-state index is -0.571. The minimum Gasteiger partial charge on any atom is -0.274 e. The maximum Gasteiger partial charge on any atom is 0.287 e. The Balaban J connectivity index is 1.28. The topological polar surface area (TPSA) is 124 Å². The predicted octanol–water partition coefficient (Wildman–Crippen LogP) is 1.52. The third kappa shape index (κ3) is 3.68. The summed E-state index contributed by atoms with van der Waals surface area (Å²) < 4.78 is 0. The molecule has 0 saturated heterocycles. The van der Waals surface area contributed by atoms with Gasteiger partial charge in [0.05, 0.1) is 16.8 Å². The number of hydrogen-bond donors (Lipinski definition) is 3. The van der Waals surface area contributed by atoms with Crippen LogP contribution in [0.4, 0.5) is 0 Å². The maximum absolute atomic E-state index is 12.3. The van der Waals surface area contributed by atoms with Gasteiger partial charge in [-0.25, -0.2) is 0 Å². The molecule has 0 aliphatic carbocycles. The normalized spacial score (nSPS) is 12.6. The summed E-state index contributed by atoms with van der Waals surface area (Å²) in [5.41, 5.74) is 6.81. The SMILES string of the molecule is O=C(CCN1C(=O)c2ccccc2C1=O)NNC(=O)c1cc(-c2ccccc2)n[nH]1. The van der Waals surface area contributed by atoms with Crippen LogP contribution in [0.2, 0.25) is 0 Å². The van der Waals surface area contributed by atoms with E-state index in [0.717, 1.165) is 10.5 Å². The van der Waals surface area contributed by atoms with E-state index >= 15 is 0 Å². The molecule has 0 bridgehead atoms. The van der Waals surface area contributed by atoms with E-state index in [0.29, 0.717) is 16.8 Å². The highest BCUT2D eigenvalue weighted by Crippen LogP contribution is 2.22. The highest BCUT2D eigenvalue weighted by Gasteiger charge is 2.34. The van der Waals surface area contributed by atoms with Gasteiger partial charge in [0.1, 0.15) is 5.69 Å². The van der Waals surface area contributed by atoms with Gasteiger partial charge >= 0.3 is 0 Å². The molecule has 3 aromatic rings. The monoisotopic (exact) mass is 403 g/mol. The van der Waals surface area contributed by atoms with Crippen LogP contribution in [-0.2, 0) is 4.79 Å². The first-order valence-electron chi connectivity index (χ1n) is 9.20. The molecule has 0 unspecified atom stereocenters. The summed E-state index contributed by atoms with van der Waals surface area (Å²) >= 11 is 0. The molecule has 0 radical (unpaired) electrons. The van der Waals surface area contributed by atoms with Gasteiger partial charge < -0.3 is 0 Å². The van der Waals surface area contributed by atoms with Crippen LogP contribution in [0.15, 0.2) is 60.7 Å². The summed E-state index contributed by atoms with van der Waals surface area (Å²) in [5.74, 6) is -1.97. The van der Waals surface area contributed by atoms with E-state index in [9.17, 15) is 19.2 Å². The quantitative estimate of drug-likeness (QED) is 0.440. The average molecular weight is 403 g/mol. The number of aromatic nitrogens is 2. The van der Waals surface area contributed by atoms with E-state index in [-0.39, 0.29) is 18.7 Å². The van der Waals surface area contributed by atoms with Crippen molar-refractivity contribution in [3.05, 3.63) is 77.5 Å². The molecule has 9 nitrogen and oxygen atoms in total. The molecule has 9 heteroatoms. The van der Waals surface area contributed by atoms with Crippen LogP contribution in [-0.4, -0.2) is 45.3 Å². The van der Waals surface area contributed by atoms with Crippen LogP contribution in [0.3, 0.4) is 0 Å². The molecule has 0 saturated carbocycles. The van der Waals surface area contributed by atoms with Crippen molar-refractivity contribution >= 4 is 23.6 Å². The second-order valence-corrected chi connectivity index (χ2v) is 6.59. The van der Waals surface area contributed by atoms with Gasteiger partial charge in [-0.05, 0) is 18.2 Å². The van der Waals surface area contributed by atoms with Crippen molar-refractivity contribution in [2.24, 2.45) is 0 Å². The number of nitrogens with zero attached hydrogens (tertiary/aromatic N) is 2. The lowest BCUT2D eigenvalue weighted by molar-refractivity contribution is -0.121. The van der Waals surface area contributed by atoms with Crippen LogP contribution in [0.1, 0.15) is 37.6 Å². The van der Waals surface area contributed by atoms with Crippen LogP contribution in [0.5, 0.6) is 0 Å². The predicted molar refractivity (Wildman–Crippen MR) is 106 cm³/mol. The van der Waals surface area contributed by atoms with Crippen LogP contribution in [0.25, 0.3) is 11.3 Å². The van der Waals surface area contributed by atoms with E-state index < -0.39 is 23.6 Å². The number of nitrogens with one attached hydrogen (secondary N) is 3. The first-order valence-corrected chi connectivity index (χ1v) is 9.20. The summed E-state index contributed by atoms with van der Waals surface area (Å²) in [6.07, 6.45) is -0.149. The van der Waals surface area contributed by atoms with Crippen molar-refractivity contribution < 1.29 is 19.2 Å². The van der Waals surface area contributed by atoms with Crippen LogP contribution >= 0.6 is 0 Å². The van der Waals surface area contributed by atoms with Crippen LogP contribution < -0.4 is 10.9 Å². The van der Waals surface area contributed by atoms with Crippen molar-refractivity contribution in [1.82, 2.24) is 25.9 Å². The molecule has 0 fully saturated rings. The third-order valence-corrected chi connectivity index (χ3v) is 4.65. The van der Waals surface area contributed by atoms with E-state index in [1.165, 1.54) is 0 Å². The lowest BCUT2D eigenvalue weighted by Crippen LogP contribution is -2.43. The number of amides is 4. The molecule has 1 aromatic heterocycles. The van der Waals surface area contributed by atoms with E-state index in [1.54, 1.807) is 30.3 Å². The third-order valence-electron chi connectivity index (χ3n) is 4.65. The van der Waals surface area contributed by atoms with Gasteiger partial charge in [0.2, 0.25) is 5.91 Å². The van der Waals surface area contributed by atoms with Gasteiger partial charge in [-0.15, -0.1) is 0 Å². The minimum absolute atomic E-state index is 0.0870. The van der Waals surface area contributed by atoms with Crippen molar-refractivity contribution in [3.63, 3.8) is 0 Å². The average Bonchev–Trinajstić information content (AvgIpc) is 3.36. The molecule has 0 spiro atoms. The first kappa shape index (κ1) is 19.1. The van der Waals surface area contributed by atoms with E-state index in [1.807, 2.05) is 30.3 Å². The standard InChI is InChI=1S/C21H17N5O4/c27-18(10-11-26-20(29)14-8-4-5-9-15(14)21(26)30)24-25-19(28)17-12-16(22-23-17)13-6-2-1-3-7-13/h1-9,12H,10-11H2,(H,22,23)(H,24,27)(H,25,28). The number of benzene rings is 2. The zero-order valence-corrected chi connectivity index (χ0v) is 15.7. The lowest BCUT2D eigenvalue weighted by atomic mass is 10.1. The van der Waals surface area contributed by atoms with Gasteiger partial charge in [-0.3, -0.25) is 40.0 Å². The number of carbonyl (C=O) groups excluding carboxylic acids is 4. The molecule has 3 N–H and O–H groups in total. The molecule has 2 aromatic carbocycles. The van der Waals surface area contributed by atoms with Gasteiger partial charge in [-0.1, -0.05) is 42.5 Å². The van der Waals surface area contributed by atoms with Crippen molar-refractivity contribution in [2.45, 2.75) is 6.42 Å². The molecule has 1 aliphatic heterocycles. The highest BCUT2D eigenvalue weighted by atomic mass is 16.2. The van der Waals surface area contributed by atoms with Gasteiger partial charge in [0.15, 0.2) is 0 Å². The molecule has 4 rings (SSSR count). The van der Waals surface area contributed by atoms with Crippen molar-refractivity contribution in [1.29, 1.82) is 0 Å². The summed E-state index contributed by atoms with van der Waals surface area (Å²) in [7, 11) is 0. The molecule has 2 heterocycles. The number of hydrogen-bond acceptors (Lipinski definition) is 5. The number of rotatable bonds is 5. The highest BCUT2D eigenvalue weighted by molar-refractivity contribution is 6.21. The van der Waals surface area contributed by atoms with Crippen LogP contribution in [0, 0.1) is 0 Å². The number of carbonyl (C=O) groups is 4. The molecule has 150 valence electrons. The Hall–Kier alpha value is -4.27. The zero-order chi connectivity index (χ0) is 21.1. The smallest absolute Gasteiger partial charge is 0.274 e. The Morgan fingerprint density at radius 3 is 2.20 bits per heavy atom. The zero-order valence-electron chi connectivity index (χ0n) is 15.7. The van der Waals surface area contributed by atoms with E-state index in [4.69, 9.17) is 0 Å². The summed E-state index contributed by atoms with van der Waals surface area (Å²) in [4.78, 5) is 49.8. The molecule has 4 amide bonds. The lowest BCUT2D eigenvalue weighted by Gasteiger charge is -2.13. The molecular weight excluding hydrogens is 386 g/mol. The van der Waals surface area contributed by atoms with Gasteiger partial charge in [0.25, 0.3) is 17.7 Å². The Morgan fingerprint density at radius 1 is 0.900 bits per heavy atom. The number of fused-ring (bicyclic) bond motifs is 1. The fourth-order valence-corrected chi connectivity index (χ4v) is 3.11. The number of hydrazine groups is 1. The number of H-pyrrole nitrogens is 1. The molecule has 0 atom stereocenters.